The fraction of sp³-hybridized carbons (Fsp3) is 1.00. The van der Waals surface area contributed by atoms with E-state index in [2.05, 4.69) is 45.3 Å². The smallest absolute Gasteiger partial charge is 0.00201 e. The van der Waals surface area contributed by atoms with Crippen molar-refractivity contribution in [2.45, 2.75) is 53.9 Å². The van der Waals surface area contributed by atoms with E-state index in [-0.39, 0.29) is 0 Å². The van der Waals surface area contributed by atoms with Gasteiger partial charge in [-0.2, -0.15) is 0 Å². The molecular formula is C15H32N2. The summed E-state index contributed by atoms with van der Waals surface area (Å²) in [7, 11) is 0. The van der Waals surface area contributed by atoms with Crippen LogP contribution in [0.15, 0.2) is 0 Å². The summed E-state index contributed by atoms with van der Waals surface area (Å²) in [4.78, 5) is 0. The fourth-order valence-corrected chi connectivity index (χ4v) is 2.46. The summed E-state index contributed by atoms with van der Waals surface area (Å²) in [5.41, 5.74) is 0.905. The highest BCUT2D eigenvalue weighted by Crippen LogP contribution is 2.30. The van der Waals surface area contributed by atoms with E-state index in [1.165, 1.54) is 38.9 Å². The monoisotopic (exact) mass is 240 g/mol. The third kappa shape index (κ3) is 4.26. The topological polar surface area (TPSA) is 24.1 Å². The van der Waals surface area contributed by atoms with Gasteiger partial charge >= 0.3 is 0 Å². The molecule has 2 N–H and O–H groups in total. The molecule has 1 fully saturated rings. The van der Waals surface area contributed by atoms with Crippen molar-refractivity contribution in [2.24, 2.45) is 16.7 Å². The SMILES string of the molecule is CCC1(CNCC(C)(C)C(C)C)CCCNC1. The van der Waals surface area contributed by atoms with Crippen molar-refractivity contribution in [3.05, 3.63) is 0 Å². The van der Waals surface area contributed by atoms with Crippen LogP contribution in [0.2, 0.25) is 0 Å². The van der Waals surface area contributed by atoms with Gasteiger partial charge in [-0.1, -0.05) is 34.6 Å². The Kier molecular flexibility index (Phi) is 5.46. The van der Waals surface area contributed by atoms with E-state index < -0.39 is 0 Å². The molecule has 1 atom stereocenters. The van der Waals surface area contributed by atoms with Gasteiger partial charge in [-0.3, -0.25) is 0 Å². The molecule has 17 heavy (non-hydrogen) atoms. The van der Waals surface area contributed by atoms with Crippen LogP contribution < -0.4 is 10.6 Å². The Bertz CT molecular complexity index is 215. The van der Waals surface area contributed by atoms with Crippen molar-refractivity contribution in [2.75, 3.05) is 26.2 Å². The average molecular weight is 240 g/mol. The highest BCUT2D eigenvalue weighted by Gasteiger charge is 2.30. The molecule has 1 unspecified atom stereocenters. The Morgan fingerprint density at radius 1 is 1.35 bits per heavy atom. The van der Waals surface area contributed by atoms with Crippen molar-refractivity contribution in [3.63, 3.8) is 0 Å². The number of rotatable bonds is 6. The summed E-state index contributed by atoms with van der Waals surface area (Å²) >= 11 is 0. The van der Waals surface area contributed by atoms with Crippen LogP contribution in [0, 0.1) is 16.7 Å². The maximum Gasteiger partial charge on any atom is 0.00201 e. The lowest BCUT2D eigenvalue weighted by molar-refractivity contribution is 0.170. The van der Waals surface area contributed by atoms with Gasteiger partial charge in [0, 0.05) is 19.6 Å². The predicted molar refractivity (Wildman–Crippen MR) is 76.3 cm³/mol. The van der Waals surface area contributed by atoms with Gasteiger partial charge in [0.25, 0.3) is 0 Å². The van der Waals surface area contributed by atoms with Crippen molar-refractivity contribution < 1.29 is 0 Å². The zero-order valence-corrected chi connectivity index (χ0v) is 12.5. The van der Waals surface area contributed by atoms with E-state index in [0.717, 1.165) is 12.5 Å². The number of nitrogens with one attached hydrogen (secondary N) is 2. The lowest BCUT2D eigenvalue weighted by atomic mass is 9.77. The second-order valence-corrected chi connectivity index (χ2v) is 6.88. The van der Waals surface area contributed by atoms with Gasteiger partial charge in [-0.25, -0.2) is 0 Å². The second-order valence-electron chi connectivity index (χ2n) is 6.88. The Labute approximate surface area is 108 Å². The van der Waals surface area contributed by atoms with E-state index >= 15 is 0 Å². The molecule has 1 rings (SSSR count). The normalized spacial score (nSPS) is 26.5. The lowest BCUT2D eigenvalue weighted by Crippen LogP contribution is -2.47. The Hall–Kier alpha value is -0.0800. The molecule has 1 heterocycles. The summed E-state index contributed by atoms with van der Waals surface area (Å²) in [5, 5.41) is 7.29. The Balaban J connectivity index is 2.38. The molecule has 0 aromatic carbocycles. The molecule has 0 bridgehead atoms. The molecule has 2 heteroatoms. The first kappa shape index (κ1) is 15.0. The lowest BCUT2D eigenvalue weighted by Gasteiger charge is -2.39. The zero-order chi connectivity index (χ0) is 12.9. The number of hydrogen-bond acceptors (Lipinski definition) is 2. The molecule has 1 aliphatic heterocycles. The molecule has 0 amide bonds. The molecule has 1 aliphatic rings. The quantitative estimate of drug-likeness (QED) is 0.746. The molecule has 0 aromatic rings. The molecule has 1 saturated heterocycles. The van der Waals surface area contributed by atoms with Crippen LogP contribution in [0.1, 0.15) is 53.9 Å². The summed E-state index contributed by atoms with van der Waals surface area (Å²) in [6.45, 7) is 16.4. The maximum absolute atomic E-state index is 3.73. The average Bonchev–Trinajstić information content (AvgIpc) is 2.30. The minimum absolute atomic E-state index is 0.400. The van der Waals surface area contributed by atoms with E-state index in [4.69, 9.17) is 0 Å². The van der Waals surface area contributed by atoms with Crippen molar-refractivity contribution in [3.8, 4) is 0 Å². The molecule has 2 nitrogen and oxygen atoms in total. The number of hydrogen-bond donors (Lipinski definition) is 2. The highest BCUT2D eigenvalue weighted by molar-refractivity contribution is 4.87. The first-order chi connectivity index (χ1) is 7.92. The molecule has 0 radical (unpaired) electrons. The summed E-state index contributed by atoms with van der Waals surface area (Å²) in [5.74, 6) is 0.733. The van der Waals surface area contributed by atoms with Crippen LogP contribution in [0.3, 0.4) is 0 Å². The van der Waals surface area contributed by atoms with Crippen LogP contribution in [0.25, 0.3) is 0 Å². The number of piperidine rings is 1. The van der Waals surface area contributed by atoms with Crippen LogP contribution in [0.4, 0.5) is 0 Å². The highest BCUT2D eigenvalue weighted by atomic mass is 14.9. The summed E-state index contributed by atoms with van der Waals surface area (Å²) in [6.07, 6.45) is 4.00. The Morgan fingerprint density at radius 3 is 2.53 bits per heavy atom. The molecule has 102 valence electrons. The van der Waals surface area contributed by atoms with Gasteiger partial charge in [0.2, 0.25) is 0 Å². The summed E-state index contributed by atoms with van der Waals surface area (Å²) in [6, 6.07) is 0. The minimum Gasteiger partial charge on any atom is -0.316 e. The Morgan fingerprint density at radius 2 is 2.06 bits per heavy atom. The molecular weight excluding hydrogens is 208 g/mol. The van der Waals surface area contributed by atoms with Crippen molar-refractivity contribution in [1.29, 1.82) is 0 Å². The van der Waals surface area contributed by atoms with Gasteiger partial charge < -0.3 is 10.6 Å². The van der Waals surface area contributed by atoms with Gasteiger partial charge in [-0.05, 0) is 42.6 Å². The largest absolute Gasteiger partial charge is 0.316 e. The third-order valence-corrected chi connectivity index (χ3v) is 4.95. The minimum atomic E-state index is 0.400. The zero-order valence-electron chi connectivity index (χ0n) is 12.5. The fourth-order valence-electron chi connectivity index (χ4n) is 2.46. The van der Waals surface area contributed by atoms with Crippen LogP contribution in [0.5, 0.6) is 0 Å². The van der Waals surface area contributed by atoms with Crippen molar-refractivity contribution in [1.82, 2.24) is 10.6 Å². The van der Waals surface area contributed by atoms with E-state index in [1.807, 2.05) is 0 Å². The van der Waals surface area contributed by atoms with Gasteiger partial charge in [0.15, 0.2) is 0 Å². The first-order valence-corrected chi connectivity index (χ1v) is 7.33. The van der Waals surface area contributed by atoms with Gasteiger partial charge in [0.05, 0.1) is 0 Å². The molecule has 0 saturated carbocycles. The van der Waals surface area contributed by atoms with Gasteiger partial charge in [-0.15, -0.1) is 0 Å². The summed E-state index contributed by atoms with van der Waals surface area (Å²) < 4.78 is 0. The predicted octanol–water partition coefficient (Wildman–Crippen LogP) is 3.04. The molecule has 0 spiro atoms. The van der Waals surface area contributed by atoms with E-state index in [1.54, 1.807) is 0 Å². The first-order valence-electron chi connectivity index (χ1n) is 7.33. The van der Waals surface area contributed by atoms with Crippen LogP contribution in [-0.2, 0) is 0 Å². The standard InChI is InChI=1S/C15H32N2/c1-6-15(8-7-9-16-11-15)12-17-10-14(4,5)13(2)3/h13,16-17H,6-12H2,1-5H3. The third-order valence-electron chi connectivity index (χ3n) is 4.95. The van der Waals surface area contributed by atoms with Crippen LogP contribution >= 0.6 is 0 Å². The molecule has 0 aliphatic carbocycles. The van der Waals surface area contributed by atoms with Crippen LogP contribution in [-0.4, -0.2) is 26.2 Å². The molecule has 0 aromatic heterocycles. The van der Waals surface area contributed by atoms with E-state index in [0.29, 0.717) is 10.8 Å². The second kappa shape index (κ2) is 6.19. The van der Waals surface area contributed by atoms with E-state index in [9.17, 15) is 0 Å². The van der Waals surface area contributed by atoms with Gasteiger partial charge in [0.1, 0.15) is 0 Å². The van der Waals surface area contributed by atoms with Crippen molar-refractivity contribution >= 4 is 0 Å². The maximum atomic E-state index is 3.73.